The maximum absolute atomic E-state index is 8.48. The zero-order valence-corrected chi connectivity index (χ0v) is 28.2. The molecule has 2 heterocycles. The van der Waals surface area contributed by atoms with E-state index in [2.05, 4.69) is 52.7 Å². The predicted molar refractivity (Wildman–Crippen MR) is 186 cm³/mol. The summed E-state index contributed by atoms with van der Waals surface area (Å²) < 4.78 is 14.3. The van der Waals surface area contributed by atoms with Gasteiger partial charge in [-0.15, -0.1) is 0 Å². The number of rotatable bonds is 14. The highest BCUT2D eigenvalue weighted by molar-refractivity contribution is 7.96. The molecule has 9 radical (unpaired) electrons. The fourth-order valence-electron chi connectivity index (χ4n) is 4.93. The van der Waals surface area contributed by atoms with Crippen LogP contribution in [0.5, 0.6) is 0 Å². The van der Waals surface area contributed by atoms with Crippen LogP contribution in [0, 0.1) is 5.92 Å². The Bertz CT molecular complexity index is 738. The van der Waals surface area contributed by atoms with Gasteiger partial charge in [-0.05, 0) is 29.5 Å². The molecule has 0 saturated carbocycles. The van der Waals surface area contributed by atoms with E-state index in [1.807, 2.05) is 24.5 Å². The highest BCUT2D eigenvalue weighted by Gasteiger charge is 2.56. The van der Waals surface area contributed by atoms with E-state index >= 15 is 0 Å². The van der Waals surface area contributed by atoms with Crippen molar-refractivity contribution in [2.75, 3.05) is 13.2 Å². The van der Waals surface area contributed by atoms with Crippen LogP contribution in [0.15, 0.2) is 24.5 Å². The molecule has 1 aliphatic rings. The monoisotopic (exact) mass is 581 g/mol. The molecule has 1 aromatic heterocycles. The van der Waals surface area contributed by atoms with Gasteiger partial charge in [0.1, 0.15) is 0 Å². The first-order valence-electron chi connectivity index (χ1n) is 13.9. The molecule has 2 rings (SSSR count). The second-order valence-corrected chi connectivity index (χ2v) is 18.8. The normalized spacial score (nSPS) is 15.7. The Hall–Kier alpha value is -0.0187. The third kappa shape index (κ3) is 18.5. The second-order valence-electron chi connectivity index (χ2n) is 12.6. The Labute approximate surface area is 256 Å². The van der Waals surface area contributed by atoms with Gasteiger partial charge in [0.25, 0.3) is 8.25 Å². The maximum Gasteiger partial charge on any atom is 0.276 e. The van der Waals surface area contributed by atoms with Gasteiger partial charge < -0.3 is 31.1 Å². The van der Waals surface area contributed by atoms with Gasteiger partial charge >= 0.3 is 0 Å². The Morgan fingerprint density at radius 1 is 1.12 bits per heavy atom. The highest BCUT2D eigenvalue weighted by atomic mass is 31.1. The Morgan fingerprint density at radius 2 is 1.60 bits per heavy atom. The van der Waals surface area contributed by atoms with Crippen molar-refractivity contribution in [1.82, 2.24) is 11.1 Å². The molecule has 0 bridgehead atoms. The lowest BCUT2D eigenvalue weighted by molar-refractivity contribution is -0.297. The van der Waals surface area contributed by atoms with Crippen LogP contribution in [0.4, 0.5) is 0 Å². The molecule has 7 nitrogen and oxygen atoms in total. The molecule has 1 aliphatic heterocycles. The molecule has 2 atom stereocenters. The molecule has 0 spiro atoms. The molecule has 1 aromatic rings. The average molecular weight is 580 g/mol. The summed E-state index contributed by atoms with van der Waals surface area (Å²) in [6.07, 6.45) is 8.00. The van der Waals surface area contributed by atoms with Crippen LogP contribution in [-0.4, -0.2) is 95.5 Å². The van der Waals surface area contributed by atoms with Crippen LogP contribution in [0.25, 0.3) is 0 Å². The molecule has 18 heteroatoms. The smallest absolute Gasteiger partial charge is 0.276 e. The first-order chi connectivity index (χ1) is 17.6. The Morgan fingerprint density at radius 3 is 1.95 bits per heavy atom. The molecule has 1 saturated heterocycles. The average Bonchev–Trinajstić information content (AvgIpc) is 3.16. The summed E-state index contributed by atoms with van der Waals surface area (Å²) in [6, 6.07) is 5.26. The predicted octanol–water partition coefficient (Wildman–Crippen LogP) is 2.15. The first kappa shape index (κ1) is 44.4. The van der Waals surface area contributed by atoms with Crippen LogP contribution >= 0.6 is 8.25 Å². The number of nitrogens with one attached hydrogen (secondary N) is 1. The number of aromatic amines is 1. The van der Waals surface area contributed by atoms with Crippen LogP contribution in [0.1, 0.15) is 61.7 Å². The lowest BCUT2D eigenvalue weighted by Crippen LogP contribution is -2.59. The van der Waals surface area contributed by atoms with Gasteiger partial charge in [-0.2, -0.15) is 0 Å². The number of ether oxygens (including phenoxy) is 1. The van der Waals surface area contributed by atoms with E-state index in [0.29, 0.717) is 29.2 Å². The van der Waals surface area contributed by atoms with Gasteiger partial charge in [-0.3, -0.25) is 0 Å². The van der Waals surface area contributed by atoms with Crippen molar-refractivity contribution >= 4 is 80.1 Å². The molecule has 0 aromatic carbocycles. The van der Waals surface area contributed by atoms with E-state index in [-0.39, 0.29) is 25.8 Å². The van der Waals surface area contributed by atoms with Gasteiger partial charge in [-0.1, -0.05) is 89.2 Å². The fourth-order valence-corrected chi connectivity index (χ4v) is 6.77. The van der Waals surface area contributed by atoms with Crippen LogP contribution < -0.4 is 15.9 Å². The van der Waals surface area contributed by atoms with Crippen LogP contribution in [0.3, 0.4) is 0 Å². The third-order valence-corrected chi connectivity index (χ3v) is 13.8. The molecule has 2 unspecified atom stereocenters. The van der Waals surface area contributed by atoms with Gasteiger partial charge in [0.15, 0.2) is 0 Å². The van der Waals surface area contributed by atoms with Crippen molar-refractivity contribution in [1.29, 1.82) is 0 Å². The van der Waals surface area contributed by atoms with E-state index in [0.717, 1.165) is 19.6 Å². The molecule has 0 aliphatic carbocycles. The largest absolute Gasteiger partial charge is 0.598 e. The summed E-state index contributed by atoms with van der Waals surface area (Å²) >= 11 is 0. The van der Waals surface area contributed by atoms with E-state index in [4.69, 9.17) is 50.0 Å². The topological polar surface area (TPSA) is 156 Å². The lowest BCUT2D eigenvalue weighted by atomic mass is 8.61. The Balaban J connectivity index is -0.000000488. The van der Waals surface area contributed by atoms with Crippen molar-refractivity contribution in [3.8, 4) is 0 Å². The second kappa shape index (κ2) is 22.5. The van der Waals surface area contributed by atoms with Gasteiger partial charge in [0.2, 0.25) is 0 Å². The highest BCUT2D eigenvalue weighted by Crippen LogP contribution is 2.57. The molecule has 0 amide bonds. The molecular weight excluding hydrogens is 529 g/mol. The number of aromatic nitrogens is 1. The molecule has 1 fully saturated rings. The maximum atomic E-state index is 8.48. The summed E-state index contributed by atoms with van der Waals surface area (Å²) in [5, 5.41) is 0.447. The number of hydrogen-bond donors (Lipinski definition) is 2. The minimum atomic E-state index is -3.37. The number of quaternary nitrogens is 1. The summed E-state index contributed by atoms with van der Waals surface area (Å²) in [4.78, 5) is 19.8. The molecular formula is C22H51B9N2O5PSi. The summed E-state index contributed by atoms with van der Waals surface area (Å²) in [6.45, 7) is 18.8. The quantitative estimate of drug-likeness (QED) is 0.197. The zero-order valence-electron chi connectivity index (χ0n) is 26.3. The van der Waals surface area contributed by atoms with Crippen molar-refractivity contribution in [3.05, 3.63) is 24.5 Å². The van der Waals surface area contributed by atoms with E-state index < -0.39 is 22.7 Å². The van der Waals surface area contributed by atoms with E-state index in [9.17, 15) is 0 Å². The van der Waals surface area contributed by atoms with Gasteiger partial charge in [0.05, 0.1) is 14.7 Å². The SMILES string of the molecule is O.O=[P+]([O-])[O-].[B][B]B([B])B(B([B])[B])B1C(CCCOCC(C)C)C1CCC[Si](C)(C)C(C)(C)C.[HH].[NH4+].c1cc[nH]c1. The molecule has 40 heavy (non-hydrogen) atoms. The minimum absolute atomic E-state index is 0. The number of H-pyrrole nitrogens is 1. The molecule has 7 N–H and O–H groups in total. The van der Waals surface area contributed by atoms with Crippen molar-refractivity contribution in [2.24, 2.45) is 5.92 Å². The van der Waals surface area contributed by atoms with Crippen LogP contribution in [0.2, 0.25) is 35.8 Å². The summed E-state index contributed by atoms with van der Waals surface area (Å²) in [5.74, 6) is 1.92. The standard InChI is InChI=1S/C18H38B9OSi.C4H5N.H3N.HO3P.H2O.H2/c1-15(2)14-28-12-8-10-16-17(11-9-13-29(6,7)18(3,4)5)24(16)27(25(20)21)26(22)23-19;1-2-4-5-3-1;;1-4(2)3;;/h15-17H,8-14H2,1-7H3;1-5H;1H3;(H,1,2,3);1H2;1H. The zero-order chi connectivity index (χ0) is 29.5. The lowest BCUT2D eigenvalue weighted by Gasteiger charge is -2.37. The van der Waals surface area contributed by atoms with Crippen LogP contribution in [-0.2, 0) is 9.30 Å². The van der Waals surface area contributed by atoms with E-state index in [1.54, 1.807) is 7.06 Å². The van der Waals surface area contributed by atoms with Crippen molar-refractivity contribution < 1.29 is 26.0 Å². The fraction of sp³-hybridized carbons (Fsp3) is 0.818. The van der Waals surface area contributed by atoms with E-state index in [1.165, 1.54) is 25.3 Å². The Kier molecular flexibility index (Phi) is 25.0. The number of hydrogen-bond acceptors (Lipinski definition) is 4. The van der Waals surface area contributed by atoms with Crippen molar-refractivity contribution in [2.45, 2.75) is 96.1 Å². The summed E-state index contributed by atoms with van der Waals surface area (Å²) in [7, 11) is 21.3. The third-order valence-electron chi connectivity index (χ3n) is 8.10. The minimum Gasteiger partial charge on any atom is -0.598 e. The van der Waals surface area contributed by atoms with Gasteiger partial charge in [-0.25, -0.2) is 0 Å². The van der Waals surface area contributed by atoms with Crippen molar-refractivity contribution in [3.63, 3.8) is 0 Å². The van der Waals surface area contributed by atoms with Gasteiger partial charge in [0, 0.05) is 84.2 Å². The first-order valence-corrected chi connectivity index (χ1v) is 18.2. The summed E-state index contributed by atoms with van der Waals surface area (Å²) in [5.41, 5.74) is 0. The molecule has 215 valence electrons.